The Balaban J connectivity index is 1.78. The quantitative estimate of drug-likeness (QED) is 0.814. The first-order chi connectivity index (χ1) is 9.16. The molecule has 19 heavy (non-hydrogen) atoms. The molecule has 1 aromatic heterocycles. The van der Waals surface area contributed by atoms with Gasteiger partial charge in [0.15, 0.2) is 5.76 Å². The molecule has 0 radical (unpaired) electrons. The molecule has 1 aromatic rings. The number of imide groups is 1. The summed E-state index contributed by atoms with van der Waals surface area (Å²) in [5, 5.41) is 5.60. The van der Waals surface area contributed by atoms with E-state index in [-0.39, 0.29) is 18.2 Å². The third kappa shape index (κ3) is 3.90. The molecule has 1 aliphatic rings. The molecule has 0 bridgehead atoms. The average molecular weight is 265 g/mol. The maximum atomic E-state index is 11.8. The number of carbonyl (C=O) groups excluding carboxylic acids is 2. The lowest BCUT2D eigenvalue weighted by Crippen LogP contribution is -2.46. The van der Waals surface area contributed by atoms with Gasteiger partial charge in [-0.05, 0) is 45.1 Å². The van der Waals surface area contributed by atoms with Gasteiger partial charge in [0.2, 0.25) is 5.91 Å². The number of amides is 2. The van der Waals surface area contributed by atoms with Gasteiger partial charge in [0.25, 0.3) is 5.91 Å². The van der Waals surface area contributed by atoms with Crippen molar-refractivity contribution in [2.45, 2.75) is 18.9 Å². The van der Waals surface area contributed by atoms with Crippen LogP contribution in [0.4, 0.5) is 0 Å². The van der Waals surface area contributed by atoms with Crippen molar-refractivity contribution in [2.75, 3.05) is 26.7 Å². The lowest BCUT2D eigenvalue weighted by Gasteiger charge is -2.30. The zero-order valence-corrected chi connectivity index (χ0v) is 11.0. The Bertz CT molecular complexity index is 424. The number of carbonyl (C=O) groups is 2. The minimum Gasteiger partial charge on any atom is -0.459 e. The second-order valence-electron chi connectivity index (χ2n) is 4.75. The summed E-state index contributed by atoms with van der Waals surface area (Å²) in [6.07, 6.45) is 3.45. The van der Waals surface area contributed by atoms with E-state index in [0.29, 0.717) is 6.04 Å². The number of nitrogens with one attached hydrogen (secondary N) is 2. The summed E-state index contributed by atoms with van der Waals surface area (Å²) in [6.45, 7) is 2.17. The van der Waals surface area contributed by atoms with Crippen LogP contribution in [0.15, 0.2) is 22.8 Å². The largest absolute Gasteiger partial charge is 0.459 e. The van der Waals surface area contributed by atoms with Crippen molar-refractivity contribution < 1.29 is 14.0 Å². The predicted octanol–water partition coefficient (Wildman–Crippen LogP) is 0.220. The van der Waals surface area contributed by atoms with Crippen LogP contribution < -0.4 is 10.6 Å². The van der Waals surface area contributed by atoms with Crippen molar-refractivity contribution in [3.05, 3.63) is 24.2 Å². The molecule has 104 valence electrons. The molecule has 1 saturated heterocycles. The highest BCUT2D eigenvalue weighted by Crippen LogP contribution is 2.09. The lowest BCUT2D eigenvalue weighted by atomic mass is 10.1. The molecular formula is C13H19N3O3. The van der Waals surface area contributed by atoms with Gasteiger partial charge in [-0.2, -0.15) is 0 Å². The molecule has 6 nitrogen and oxygen atoms in total. The summed E-state index contributed by atoms with van der Waals surface area (Å²) in [5.74, 6) is -0.644. The Morgan fingerprint density at radius 2 is 2.21 bits per heavy atom. The van der Waals surface area contributed by atoms with Gasteiger partial charge in [0.05, 0.1) is 12.8 Å². The molecule has 2 amide bonds. The lowest BCUT2D eigenvalue weighted by molar-refractivity contribution is -0.121. The molecule has 0 spiro atoms. The Hall–Kier alpha value is -1.66. The zero-order chi connectivity index (χ0) is 13.7. The predicted molar refractivity (Wildman–Crippen MR) is 69.7 cm³/mol. The maximum absolute atomic E-state index is 11.8. The van der Waals surface area contributed by atoms with Crippen LogP contribution >= 0.6 is 0 Å². The van der Waals surface area contributed by atoms with Crippen LogP contribution in [0.5, 0.6) is 0 Å². The molecule has 1 aliphatic heterocycles. The number of nitrogens with zero attached hydrogens (tertiary/aromatic N) is 1. The van der Waals surface area contributed by atoms with Gasteiger partial charge in [-0.15, -0.1) is 0 Å². The van der Waals surface area contributed by atoms with Crippen molar-refractivity contribution in [1.82, 2.24) is 15.5 Å². The number of hydrogen-bond acceptors (Lipinski definition) is 5. The smallest absolute Gasteiger partial charge is 0.293 e. The molecule has 0 saturated carbocycles. The van der Waals surface area contributed by atoms with E-state index in [1.807, 2.05) is 11.9 Å². The average Bonchev–Trinajstić information content (AvgIpc) is 2.93. The Kier molecular flexibility index (Phi) is 4.70. The second kappa shape index (κ2) is 6.49. The first-order valence-electron chi connectivity index (χ1n) is 6.45. The van der Waals surface area contributed by atoms with Crippen molar-refractivity contribution in [3.63, 3.8) is 0 Å². The van der Waals surface area contributed by atoms with Gasteiger partial charge in [-0.25, -0.2) is 0 Å². The SMILES string of the molecule is CN(CC(=O)NC(=O)c1ccco1)C1CCNCC1. The van der Waals surface area contributed by atoms with E-state index in [1.54, 1.807) is 6.07 Å². The number of hydrogen-bond donors (Lipinski definition) is 2. The molecule has 2 N–H and O–H groups in total. The molecular weight excluding hydrogens is 246 g/mol. The Morgan fingerprint density at radius 3 is 2.84 bits per heavy atom. The van der Waals surface area contributed by atoms with Crippen LogP contribution in [0.2, 0.25) is 0 Å². The van der Waals surface area contributed by atoms with Crippen molar-refractivity contribution >= 4 is 11.8 Å². The highest BCUT2D eigenvalue weighted by Gasteiger charge is 2.21. The summed E-state index contributed by atoms with van der Waals surface area (Å²) in [6, 6.07) is 3.53. The molecule has 0 aliphatic carbocycles. The first-order valence-corrected chi connectivity index (χ1v) is 6.45. The summed E-state index contributed by atoms with van der Waals surface area (Å²) < 4.78 is 4.93. The van der Waals surface area contributed by atoms with Gasteiger partial charge in [-0.3, -0.25) is 19.8 Å². The molecule has 2 rings (SSSR count). The van der Waals surface area contributed by atoms with Crippen LogP contribution in [-0.2, 0) is 4.79 Å². The van der Waals surface area contributed by atoms with Gasteiger partial charge in [0.1, 0.15) is 0 Å². The molecule has 2 heterocycles. The van der Waals surface area contributed by atoms with E-state index in [9.17, 15) is 9.59 Å². The van der Waals surface area contributed by atoms with E-state index < -0.39 is 5.91 Å². The number of piperidine rings is 1. The van der Waals surface area contributed by atoms with Gasteiger partial charge in [-0.1, -0.05) is 0 Å². The Labute approximate surface area is 112 Å². The van der Waals surface area contributed by atoms with E-state index in [2.05, 4.69) is 10.6 Å². The summed E-state index contributed by atoms with van der Waals surface area (Å²) in [4.78, 5) is 25.4. The number of likely N-dealkylation sites (N-methyl/N-ethyl adjacent to an activating group) is 1. The molecule has 0 aromatic carbocycles. The van der Waals surface area contributed by atoms with Crippen molar-refractivity contribution in [1.29, 1.82) is 0 Å². The Morgan fingerprint density at radius 1 is 1.47 bits per heavy atom. The molecule has 6 heteroatoms. The highest BCUT2D eigenvalue weighted by molar-refractivity contribution is 6.03. The fourth-order valence-corrected chi connectivity index (χ4v) is 2.24. The minimum absolute atomic E-state index is 0.151. The fraction of sp³-hybridized carbons (Fsp3) is 0.538. The maximum Gasteiger partial charge on any atom is 0.293 e. The van der Waals surface area contributed by atoms with Crippen molar-refractivity contribution in [2.24, 2.45) is 0 Å². The van der Waals surface area contributed by atoms with E-state index >= 15 is 0 Å². The summed E-state index contributed by atoms with van der Waals surface area (Å²) in [7, 11) is 1.91. The van der Waals surface area contributed by atoms with Crippen LogP contribution in [0, 0.1) is 0 Å². The molecule has 1 fully saturated rings. The van der Waals surface area contributed by atoms with Crippen LogP contribution in [0.3, 0.4) is 0 Å². The monoisotopic (exact) mass is 265 g/mol. The van der Waals surface area contributed by atoms with Gasteiger partial charge >= 0.3 is 0 Å². The third-order valence-electron chi connectivity index (χ3n) is 3.32. The van der Waals surface area contributed by atoms with E-state index in [4.69, 9.17) is 4.42 Å². The van der Waals surface area contributed by atoms with Gasteiger partial charge in [0, 0.05) is 6.04 Å². The summed E-state index contributed by atoms with van der Waals surface area (Å²) in [5.41, 5.74) is 0. The van der Waals surface area contributed by atoms with Crippen LogP contribution in [0.1, 0.15) is 23.4 Å². The number of rotatable bonds is 4. The minimum atomic E-state index is -0.492. The van der Waals surface area contributed by atoms with E-state index in [0.717, 1.165) is 25.9 Å². The third-order valence-corrected chi connectivity index (χ3v) is 3.32. The normalized spacial score (nSPS) is 16.5. The zero-order valence-electron chi connectivity index (χ0n) is 11.0. The van der Waals surface area contributed by atoms with Crippen molar-refractivity contribution in [3.8, 4) is 0 Å². The van der Waals surface area contributed by atoms with Crippen LogP contribution in [0.25, 0.3) is 0 Å². The molecule has 0 atom stereocenters. The topological polar surface area (TPSA) is 74.6 Å². The van der Waals surface area contributed by atoms with Gasteiger partial charge < -0.3 is 9.73 Å². The second-order valence-corrected chi connectivity index (χ2v) is 4.75. The highest BCUT2D eigenvalue weighted by atomic mass is 16.3. The van der Waals surface area contributed by atoms with E-state index in [1.165, 1.54) is 12.3 Å². The number of furan rings is 1. The first kappa shape index (κ1) is 13.8. The standard InChI is InChI=1S/C13H19N3O3/c1-16(10-4-6-14-7-5-10)9-12(17)15-13(18)11-3-2-8-19-11/h2-3,8,10,14H,4-7,9H2,1H3,(H,15,17,18). The molecule has 0 unspecified atom stereocenters. The fourth-order valence-electron chi connectivity index (χ4n) is 2.24. The summed E-state index contributed by atoms with van der Waals surface area (Å²) >= 11 is 0. The van der Waals surface area contributed by atoms with Crippen LogP contribution in [-0.4, -0.2) is 49.4 Å².